The SMILES string of the molecule is C=CCNC(=NCc1ccc([N+](=O)[O-])cc1)NCC1(N2CCOCC2)CCCCC1. The second kappa shape index (κ2) is 11.1. The maximum atomic E-state index is 10.8. The van der Waals surface area contributed by atoms with Crippen LogP contribution in [0.4, 0.5) is 5.69 Å². The van der Waals surface area contributed by atoms with Gasteiger partial charge in [0.1, 0.15) is 0 Å². The van der Waals surface area contributed by atoms with Gasteiger partial charge in [0, 0.05) is 43.9 Å². The summed E-state index contributed by atoms with van der Waals surface area (Å²) in [4.78, 5) is 17.7. The molecule has 2 aliphatic rings. The number of aliphatic imine (C=N–C) groups is 1. The lowest BCUT2D eigenvalue weighted by Gasteiger charge is -2.48. The summed E-state index contributed by atoms with van der Waals surface area (Å²) in [5.74, 6) is 0.742. The predicted molar refractivity (Wildman–Crippen MR) is 119 cm³/mol. The minimum Gasteiger partial charge on any atom is -0.379 e. The first-order valence-electron chi connectivity index (χ1n) is 10.8. The fourth-order valence-electron chi connectivity index (χ4n) is 4.34. The quantitative estimate of drug-likeness (QED) is 0.223. The van der Waals surface area contributed by atoms with E-state index in [1.54, 1.807) is 18.2 Å². The Hall–Kier alpha value is -2.45. The number of hydrogen-bond donors (Lipinski definition) is 2. The van der Waals surface area contributed by atoms with Crippen molar-refractivity contribution < 1.29 is 9.66 Å². The van der Waals surface area contributed by atoms with Gasteiger partial charge in [-0.2, -0.15) is 0 Å². The molecule has 3 rings (SSSR count). The molecule has 0 atom stereocenters. The van der Waals surface area contributed by atoms with Gasteiger partial charge in [0.05, 0.1) is 24.7 Å². The van der Waals surface area contributed by atoms with E-state index in [-0.39, 0.29) is 16.1 Å². The number of nitro benzene ring substituents is 1. The molecule has 0 aromatic heterocycles. The van der Waals surface area contributed by atoms with E-state index in [4.69, 9.17) is 9.73 Å². The van der Waals surface area contributed by atoms with Gasteiger partial charge in [-0.05, 0) is 18.4 Å². The van der Waals surface area contributed by atoms with Gasteiger partial charge in [-0.3, -0.25) is 15.0 Å². The van der Waals surface area contributed by atoms with E-state index in [2.05, 4.69) is 22.1 Å². The van der Waals surface area contributed by atoms with Gasteiger partial charge in [0.2, 0.25) is 0 Å². The monoisotopic (exact) mass is 415 g/mol. The fraction of sp³-hybridized carbons (Fsp3) is 0.591. The summed E-state index contributed by atoms with van der Waals surface area (Å²) in [6, 6.07) is 6.54. The van der Waals surface area contributed by atoms with Gasteiger partial charge in [-0.1, -0.05) is 37.5 Å². The highest BCUT2D eigenvalue weighted by Gasteiger charge is 2.38. The maximum Gasteiger partial charge on any atom is 0.269 e. The van der Waals surface area contributed by atoms with Crippen LogP contribution in [0.1, 0.15) is 37.7 Å². The molecular weight excluding hydrogens is 382 g/mol. The molecule has 164 valence electrons. The Morgan fingerprint density at radius 2 is 1.90 bits per heavy atom. The van der Waals surface area contributed by atoms with Gasteiger partial charge in [-0.25, -0.2) is 4.99 Å². The number of nitrogens with zero attached hydrogens (tertiary/aromatic N) is 3. The molecule has 2 N–H and O–H groups in total. The largest absolute Gasteiger partial charge is 0.379 e. The Morgan fingerprint density at radius 3 is 2.53 bits per heavy atom. The van der Waals surface area contributed by atoms with E-state index in [1.165, 1.54) is 44.2 Å². The second-order valence-corrected chi connectivity index (χ2v) is 8.00. The topological polar surface area (TPSA) is 92.0 Å². The maximum absolute atomic E-state index is 10.8. The van der Waals surface area contributed by atoms with Crippen molar-refractivity contribution in [2.24, 2.45) is 4.99 Å². The van der Waals surface area contributed by atoms with E-state index >= 15 is 0 Å². The van der Waals surface area contributed by atoms with Crippen LogP contribution in [-0.2, 0) is 11.3 Å². The normalized spacial score (nSPS) is 19.8. The Labute approximate surface area is 178 Å². The first-order chi connectivity index (χ1) is 14.6. The molecule has 1 aliphatic heterocycles. The number of nitro groups is 1. The van der Waals surface area contributed by atoms with Crippen molar-refractivity contribution >= 4 is 11.6 Å². The van der Waals surface area contributed by atoms with Crippen molar-refractivity contribution in [2.75, 3.05) is 39.4 Å². The van der Waals surface area contributed by atoms with Crippen molar-refractivity contribution in [3.05, 3.63) is 52.6 Å². The Kier molecular flexibility index (Phi) is 8.21. The van der Waals surface area contributed by atoms with E-state index in [0.717, 1.165) is 44.4 Å². The van der Waals surface area contributed by atoms with Crippen LogP contribution in [0.15, 0.2) is 41.9 Å². The summed E-state index contributed by atoms with van der Waals surface area (Å²) in [6.07, 6.45) is 8.01. The number of benzene rings is 1. The van der Waals surface area contributed by atoms with E-state index in [0.29, 0.717) is 13.1 Å². The average molecular weight is 416 g/mol. The van der Waals surface area contributed by atoms with Crippen LogP contribution in [0.25, 0.3) is 0 Å². The highest BCUT2D eigenvalue weighted by atomic mass is 16.6. The molecule has 1 saturated carbocycles. The summed E-state index contributed by atoms with van der Waals surface area (Å²) in [6.45, 7) is 9.27. The van der Waals surface area contributed by atoms with Crippen LogP contribution in [0.2, 0.25) is 0 Å². The van der Waals surface area contributed by atoms with Crippen molar-refractivity contribution in [3.8, 4) is 0 Å². The van der Waals surface area contributed by atoms with Crippen LogP contribution >= 0.6 is 0 Å². The summed E-state index contributed by atoms with van der Waals surface area (Å²) in [5, 5.41) is 17.7. The first kappa shape index (κ1) is 22.2. The summed E-state index contributed by atoms with van der Waals surface area (Å²) >= 11 is 0. The van der Waals surface area contributed by atoms with E-state index in [1.807, 2.05) is 0 Å². The van der Waals surface area contributed by atoms with Crippen molar-refractivity contribution in [3.63, 3.8) is 0 Å². The van der Waals surface area contributed by atoms with Gasteiger partial charge in [0.25, 0.3) is 5.69 Å². The zero-order valence-corrected chi connectivity index (χ0v) is 17.6. The Balaban J connectivity index is 1.66. The smallest absolute Gasteiger partial charge is 0.269 e. The van der Waals surface area contributed by atoms with Gasteiger partial charge in [0.15, 0.2) is 5.96 Å². The lowest BCUT2D eigenvalue weighted by Crippen LogP contribution is -2.60. The number of guanidine groups is 1. The number of hydrogen-bond acceptors (Lipinski definition) is 5. The summed E-state index contributed by atoms with van der Waals surface area (Å²) in [5.41, 5.74) is 1.17. The molecule has 0 unspecified atom stereocenters. The minimum atomic E-state index is -0.388. The molecule has 2 fully saturated rings. The van der Waals surface area contributed by atoms with Crippen molar-refractivity contribution in [1.82, 2.24) is 15.5 Å². The number of rotatable bonds is 8. The average Bonchev–Trinajstić information content (AvgIpc) is 2.80. The Morgan fingerprint density at radius 1 is 1.20 bits per heavy atom. The van der Waals surface area contributed by atoms with Crippen LogP contribution in [0, 0.1) is 10.1 Å². The zero-order valence-electron chi connectivity index (χ0n) is 17.6. The Bertz CT molecular complexity index is 723. The molecule has 1 aromatic carbocycles. The van der Waals surface area contributed by atoms with E-state index in [9.17, 15) is 10.1 Å². The van der Waals surface area contributed by atoms with Crippen LogP contribution in [0.5, 0.6) is 0 Å². The summed E-state index contributed by atoms with van der Waals surface area (Å²) in [7, 11) is 0. The first-order valence-corrected chi connectivity index (χ1v) is 10.8. The van der Waals surface area contributed by atoms with Crippen molar-refractivity contribution in [2.45, 2.75) is 44.2 Å². The van der Waals surface area contributed by atoms with Crippen LogP contribution < -0.4 is 10.6 Å². The van der Waals surface area contributed by atoms with Gasteiger partial charge >= 0.3 is 0 Å². The zero-order chi connectivity index (χ0) is 21.2. The molecule has 0 spiro atoms. The number of morpholine rings is 1. The number of non-ortho nitro benzene ring substituents is 1. The molecule has 0 bridgehead atoms. The summed E-state index contributed by atoms with van der Waals surface area (Å²) < 4.78 is 5.57. The van der Waals surface area contributed by atoms with Crippen LogP contribution in [-0.4, -0.2) is 60.7 Å². The number of nitrogens with one attached hydrogen (secondary N) is 2. The van der Waals surface area contributed by atoms with Gasteiger partial charge < -0.3 is 15.4 Å². The molecule has 0 amide bonds. The highest BCUT2D eigenvalue weighted by Crippen LogP contribution is 2.33. The standard InChI is InChI=1S/C22H33N5O3/c1-2-12-23-21(24-17-19-6-8-20(9-7-19)27(28)29)25-18-22(10-4-3-5-11-22)26-13-15-30-16-14-26/h2,6-9H,1,3-5,10-18H2,(H2,23,24,25). The fourth-order valence-corrected chi connectivity index (χ4v) is 4.34. The minimum absolute atomic E-state index is 0.0932. The van der Waals surface area contributed by atoms with E-state index < -0.39 is 0 Å². The molecule has 0 radical (unpaired) electrons. The molecular formula is C22H33N5O3. The molecule has 1 saturated heterocycles. The lowest BCUT2D eigenvalue weighted by atomic mass is 9.80. The van der Waals surface area contributed by atoms with Crippen molar-refractivity contribution in [1.29, 1.82) is 0 Å². The van der Waals surface area contributed by atoms with Gasteiger partial charge in [-0.15, -0.1) is 6.58 Å². The number of ether oxygens (including phenoxy) is 1. The molecule has 1 heterocycles. The molecule has 8 heteroatoms. The third kappa shape index (κ3) is 6.03. The second-order valence-electron chi connectivity index (χ2n) is 8.00. The molecule has 1 aliphatic carbocycles. The molecule has 1 aromatic rings. The molecule has 30 heavy (non-hydrogen) atoms. The molecule has 8 nitrogen and oxygen atoms in total. The third-order valence-corrected chi connectivity index (χ3v) is 6.03. The lowest BCUT2D eigenvalue weighted by molar-refractivity contribution is -0.384. The predicted octanol–water partition coefficient (Wildman–Crippen LogP) is 2.85. The third-order valence-electron chi connectivity index (χ3n) is 6.03. The van der Waals surface area contributed by atoms with Crippen LogP contribution in [0.3, 0.4) is 0 Å². The highest BCUT2D eigenvalue weighted by molar-refractivity contribution is 5.80.